The molecule has 0 aromatic rings. The second-order valence-electron chi connectivity index (χ2n) is 5.34. The molecule has 0 spiro atoms. The van der Waals surface area contributed by atoms with Crippen LogP contribution in [0.2, 0.25) is 0 Å². The van der Waals surface area contributed by atoms with Crippen LogP contribution in [0.5, 0.6) is 0 Å². The maximum Gasteiger partial charge on any atom is 0.0322 e. The van der Waals surface area contributed by atoms with Crippen molar-refractivity contribution in [2.45, 2.75) is 45.3 Å². The molecule has 1 aliphatic heterocycles. The van der Waals surface area contributed by atoms with Crippen LogP contribution in [0.1, 0.15) is 27.2 Å². The van der Waals surface area contributed by atoms with Gasteiger partial charge in [0.1, 0.15) is 0 Å². The van der Waals surface area contributed by atoms with E-state index in [1.165, 1.54) is 13.0 Å². The highest BCUT2D eigenvalue weighted by atomic mass is 15.2. The predicted octanol–water partition coefficient (Wildman–Crippen LogP) is 1.01. The van der Waals surface area contributed by atoms with Crippen LogP contribution in [0.25, 0.3) is 0 Å². The van der Waals surface area contributed by atoms with Crippen molar-refractivity contribution in [2.75, 3.05) is 33.7 Å². The smallest absolute Gasteiger partial charge is 0.0322 e. The third-order valence-corrected chi connectivity index (χ3v) is 3.24. The number of nitrogens with one attached hydrogen (secondary N) is 1. The van der Waals surface area contributed by atoms with Gasteiger partial charge in [-0.05, 0) is 47.8 Å². The zero-order valence-electron chi connectivity index (χ0n) is 11.0. The van der Waals surface area contributed by atoms with Crippen LogP contribution in [-0.2, 0) is 0 Å². The molecular weight excluding hydrogens is 186 g/mol. The zero-order valence-corrected chi connectivity index (χ0v) is 11.0. The first-order valence-electron chi connectivity index (χ1n) is 6.14. The standard InChI is InChI=1S/C12H27N3/c1-10(2)15-9-12(8-14(4)5)13-7-6-11(15)3/h10-13H,6-9H2,1-5H3. The summed E-state index contributed by atoms with van der Waals surface area (Å²) in [5, 5.41) is 3.64. The highest BCUT2D eigenvalue weighted by molar-refractivity contribution is 4.83. The normalized spacial score (nSPS) is 29.8. The molecule has 0 amide bonds. The second kappa shape index (κ2) is 5.83. The van der Waals surface area contributed by atoms with E-state index in [2.05, 4.69) is 50.0 Å². The van der Waals surface area contributed by atoms with Gasteiger partial charge < -0.3 is 10.2 Å². The van der Waals surface area contributed by atoms with Crippen molar-refractivity contribution in [1.82, 2.24) is 15.1 Å². The molecule has 90 valence electrons. The zero-order chi connectivity index (χ0) is 11.4. The molecule has 1 rings (SSSR count). The summed E-state index contributed by atoms with van der Waals surface area (Å²) in [5.41, 5.74) is 0. The van der Waals surface area contributed by atoms with Gasteiger partial charge in [-0.2, -0.15) is 0 Å². The Hall–Kier alpha value is -0.120. The van der Waals surface area contributed by atoms with E-state index in [1.807, 2.05) is 0 Å². The van der Waals surface area contributed by atoms with Crippen molar-refractivity contribution in [3.63, 3.8) is 0 Å². The minimum Gasteiger partial charge on any atom is -0.311 e. The Balaban J connectivity index is 2.55. The molecule has 3 heteroatoms. The van der Waals surface area contributed by atoms with Crippen molar-refractivity contribution in [3.8, 4) is 0 Å². The maximum atomic E-state index is 3.64. The van der Waals surface area contributed by atoms with Gasteiger partial charge in [-0.1, -0.05) is 0 Å². The van der Waals surface area contributed by atoms with E-state index >= 15 is 0 Å². The minimum absolute atomic E-state index is 0.618. The fraction of sp³-hybridized carbons (Fsp3) is 1.00. The minimum atomic E-state index is 0.618. The molecule has 2 unspecified atom stereocenters. The fourth-order valence-corrected chi connectivity index (χ4v) is 2.44. The average Bonchev–Trinajstić information content (AvgIpc) is 2.27. The number of likely N-dealkylation sites (N-methyl/N-ethyl adjacent to an activating group) is 1. The number of hydrogen-bond acceptors (Lipinski definition) is 3. The lowest BCUT2D eigenvalue weighted by atomic mass is 10.1. The van der Waals surface area contributed by atoms with Gasteiger partial charge in [0.15, 0.2) is 0 Å². The SMILES string of the molecule is CC(C)N1CC(CN(C)C)NCCC1C. The number of hydrogen-bond donors (Lipinski definition) is 1. The van der Waals surface area contributed by atoms with Crippen LogP contribution in [0.15, 0.2) is 0 Å². The van der Waals surface area contributed by atoms with E-state index < -0.39 is 0 Å². The summed E-state index contributed by atoms with van der Waals surface area (Å²) in [5.74, 6) is 0. The summed E-state index contributed by atoms with van der Waals surface area (Å²) in [7, 11) is 4.30. The Kier molecular flexibility index (Phi) is 5.03. The third kappa shape index (κ3) is 4.09. The van der Waals surface area contributed by atoms with Gasteiger partial charge >= 0.3 is 0 Å². The molecule has 0 aromatic carbocycles. The topological polar surface area (TPSA) is 18.5 Å². The first kappa shape index (κ1) is 12.9. The lowest BCUT2D eigenvalue weighted by molar-refractivity contribution is 0.153. The van der Waals surface area contributed by atoms with Gasteiger partial charge in [0, 0.05) is 31.2 Å². The van der Waals surface area contributed by atoms with Crippen molar-refractivity contribution < 1.29 is 0 Å². The maximum absolute atomic E-state index is 3.64. The number of nitrogens with zero attached hydrogens (tertiary/aromatic N) is 2. The number of rotatable bonds is 3. The molecule has 1 heterocycles. The lowest BCUT2D eigenvalue weighted by Gasteiger charge is -2.33. The van der Waals surface area contributed by atoms with Crippen LogP contribution in [-0.4, -0.2) is 61.7 Å². The Morgan fingerprint density at radius 3 is 2.60 bits per heavy atom. The van der Waals surface area contributed by atoms with Gasteiger partial charge in [-0.3, -0.25) is 4.90 Å². The monoisotopic (exact) mass is 213 g/mol. The molecule has 1 saturated heterocycles. The lowest BCUT2D eigenvalue weighted by Crippen LogP contribution is -2.47. The van der Waals surface area contributed by atoms with Gasteiger partial charge in [-0.15, -0.1) is 0 Å². The first-order valence-corrected chi connectivity index (χ1v) is 6.14. The van der Waals surface area contributed by atoms with Crippen LogP contribution in [0.4, 0.5) is 0 Å². The summed E-state index contributed by atoms with van der Waals surface area (Å²) in [4.78, 5) is 4.89. The molecule has 0 aliphatic carbocycles. The predicted molar refractivity (Wildman–Crippen MR) is 66.3 cm³/mol. The Morgan fingerprint density at radius 1 is 1.40 bits per heavy atom. The van der Waals surface area contributed by atoms with Crippen LogP contribution >= 0.6 is 0 Å². The van der Waals surface area contributed by atoms with Crippen molar-refractivity contribution >= 4 is 0 Å². The van der Waals surface area contributed by atoms with Crippen LogP contribution in [0, 0.1) is 0 Å². The molecule has 0 aromatic heterocycles. The van der Waals surface area contributed by atoms with E-state index in [9.17, 15) is 0 Å². The largest absolute Gasteiger partial charge is 0.311 e. The van der Waals surface area contributed by atoms with Crippen molar-refractivity contribution in [2.24, 2.45) is 0 Å². The summed E-state index contributed by atoms with van der Waals surface area (Å²) >= 11 is 0. The molecule has 1 N–H and O–H groups in total. The van der Waals surface area contributed by atoms with Gasteiger partial charge in [0.05, 0.1) is 0 Å². The summed E-state index contributed by atoms with van der Waals surface area (Å²) in [6.07, 6.45) is 1.27. The molecule has 0 bridgehead atoms. The quantitative estimate of drug-likeness (QED) is 0.755. The van der Waals surface area contributed by atoms with E-state index in [4.69, 9.17) is 0 Å². The Labute approximate surface area is 94.8 Å². The molecular formula is C12H27N3. The molecule has 1 aliphatic rings. The highest BCUT2D eigenvalue weighted by Crippen LogP contribution is 2.12. The second-order valence-corrected chi connectivity index (χ2v) is 5.34. The Bertz CT molecular complexity index is 180. The molecule has 0 saturated carbocycles. The van der Waals surface area contributed by atoms with Crippen LogP contribution in [0.3, 0.4) is 0 Å². The summed E-state index contributed by atoms with van der Waals surface area (Å²) in [6.45, 7) is 10.4. The van der Waals surface area contributed by atoms with Crippen molar-refractivity contribution in [1.29, 1.82) is 0 Å². The van der Waals surface area contributed by atoms with Crippen molar-refractivity contribution in [3.05, 3.63) is 0 Å². The molecule has 0 radical (unpaired) electrons. The molecule has 1 fully saturated rings. The highest BCUT2D eigenvalue weighted by Gasteiger charge is 2.24. The van der Waals surface area contributed by atoms with Gasteiger partial charge in [-0.25, -0.2) is 0 Å². The molecule has 3 nitrogen and oxygen atoms in total. The summed E-state index contributed by atoms with van der Waals surface area (Å²) in [6, 6.07) is 1.99. The molecule has 2 atom stereocenters. The van der Waals surface area contributed by atoms with E-state index in [0.717, 1.165) is 13.1 Å². The van der Waals surface area contributed by atoms with Crippen LogP contribution < -0.4 is 5.32 Å². The molecule has 15 heavy (non-hydrogen) atoms. The Morgan fingerprint density at radius 2 is 2.07 bits per heavy atom. The van der Waals surface area contributed by atoms with Gasteiger partial charge in [0.25, 0.3) is 0 Å². The summed E-state index contributed by atoms with van der Waals surface area (Å²) < 4.78 is 0. The average molecular weight is 213 g/mol. The van der Waals surface area contributed by atoms with E-state index in [1.54, 1.807) is 0 Å². The fourth-order valence-electron chi connectivity index (χ4n) is 2.44. The third-order valence-electron chi connectivity index (χ3n) is 3.24. The van der Waals surface area contributed by atoms with E-state index in [0.29, 0.717) is 18.1 Å². The first-order chi connectivity index (χ1) is 7.00. The van der Waals surface area contributed by atoms with Gasteiger partial charge in [0.2, 0.25) is 0 Å². The van der Waals surface area contributed by atoms with E-state index in [-0.39, 0.29) is 0 Å².